The Bertz CT molecular complexity index is 687. The molecular weight excluding hydrogens is 292 g/mol. The molecule has 0 amide bonds. The van der Waals surface area contributed by atoms with E-state index in [0.29, 0.717) is 11.8 Å². The van der Waals surface area contributed by atoms with Gasteiger partial charge in [-0.25, -0.2) is 0 Å². The molecule has 2 aromatic carbocycles. The lowest BCUT2D eigenvalue weighted by Gasteiger charge is -2.11. The summed E-state index contributed by atoms with van der Waals surface area (Å²) >= 11 is 0. The fourth-order valence-electron chi connectivity index (χ4n) is 2.68. The molecule has 0 aromatic heterocycles. The third-order valence-corrected chi connectivity index (χ3v) is 4.22. The highest BCUT2D eigenvalue weighted by molar-refractivity contribution is 6.41. The van der Waals surface area contributed by atoms with Crippen LogP contribution in [0, 0.1) is 0 Å². The van der Waals surface area contributed by atoms with E-state index in [4.69, 9.17) is 9.98 Å². The van der Waals surface area contributed by atoms with Gasteiger partial charge in [-0.1, -0.05) is 64.1 Å². The lowest BCUT2D eigenvalue weighted by Crippen LogP contribution is -2.05. The average Bonchev–Trinajstić information content (AvgIpc) is 2.55. The number of hydrogen-bond donors (Lipinski definition) is 0. The summed E-state index contributed by atoms with van der Waals surface area (Å²) in [5, 5.41) is 0. The van der Waals surface area contributed by atoms with Gasteiger partial charge >= 0.3 is 0 Å². The minimum atomic E-state index is 0.455. The largest absolute Gasteiger partial charge is 0.252 e. The Morgan fingerprint density at radius 3 is 1.29 bits per heavy atom. The molecule has 2 rings (SSSR count). The third kappa shape index (κ3) is 4.41. The van der Waals surface area contributed by atoms with E-state index < -0.39 is 0 Å². The van der Waals surface area contributed by atoms with Crippen LogP contribution in [0.4, 0.5) is 11.4 Å². The minimum Gasteiger partial charge on any atom is -0.252 e. The van der Waals surface area contributed by atoms with Crippen molar-refractivity contribution in [2.45, 2.75) is 53.4 Å². The van der Waals surface area contributed by atoms with Gasteiger partial charge in [0.2, 0.25) is 0 Å². The zero-order valence-electron chi connectivity index (χ0n) is 15.7. The van der Waals surface area contributed by atoms with E-state index in [9.17, 15) is 0 Å². The second-order valence-electron chi connectivity index (χ2n) is 6.82. The summed E-state index contributed by atoms with van der Waals surface area (Å²) in [6.07, 6.45) is 0. The van der Waals surface area contributed by atoms with Crippen LogP contribution in [0.1, 0.15) is 64.5 Å². The van der Waals surface area contributed by atoms with Crippen molar-refractivity contribution >= 4 is 22.8 Å². The van der Waals surface area contributed by atoms with Gasteiger partial charge in [-0.05, 0) is 48.9 Å². The fourth-order valence-corrected chi connectivity index (χ4v) is 2.68. The highest BCUT2D eigenvalue weighted by Gasteiger charge is 2.08. The molecular formula is C22H28N2. The summed E-state index contributed by atoms with van der Waals surface area (Å²) in [5.41, 5.74) is 6.54. The first kappa shape index (κ1) is 18.1. The molecule has 0 aliphatic heterocycles. The molecule has 0 radical (unpaired) electrons. The van der Waals surface area contributed by atoms with Crippen molar-refractivity contribution in [2.24, 2.45) is 9.98 Å². The topological polar surface area (TPSA) is 24.7 Å². The van der Waals surface area contributed by atoms with Crippen molar-refractivity contribution in [2.75, 3.05) is 0 Å². The maximum Gasteiger partial charge on any atom is 0.0668 e. The molecule has 0 heterocycles. The highest BCUT2D eigenvalue weighted by atomic mass is 14.8. The number of nitrogens with zero attached hydrogens (tertiary/aromatic N) is 2. The molecule has 0 N–H and O–H groups in total. The molecule has 2 nitrogen and oxygen atoms in total. The van der Waals surface area contributed by atoms with Gasteiger partial charge in [0.25, 0.3) is 0 Å². The predicted molar refractivity (Wildman–Crippen MR) is 107 cm³/mol. The van der Waals surface area contributed by atoms with Crippen LogP contribution >= 0.6 is 0 Å². The van der Waals surface area contributed by atoms with Crippen LogP contribution in [-0.4, -0.2) is 11.4 Å². The molecule has 2 heteroatoms. The van der Waals surface area contributed by atoms with Gasteiger partial charge in [0.15, 0.2) is 0 Å². The van der Waals surface area contributed by atoms with E-state index in [-0.39, 0.29) is 0 Å². The summed E-state index contributed by atoms with van der Waals surface area (Å²) in [6, 6.07) is 16.7. The van der Waals surface area contributed by atoms with Crippen LogP contribution in [-0.2, 0) is 0 Å². The van der Waals surface area contributed by atoms with E-state index in [1.54, 1.807) is 0 Å². The van der Waals surface area contributed by atoms with Gasteiger partial charge < -0.3 is 0 Å². The normalized spacial score (nSPS) is 13.0. The minimum absolute atomic E-state index is 0.455. The monoisotopic (exact) mass is 320 g/mol. The van der Waals surface area contributed by atoms with Gasteiger partial charge in [0.05, 0.1) is 22.8 Å². The maximum absolute atomic E-state index is 4.84. The summed E-state index contributed by atoms with van der Waals surface area (Å²) in [6.45, 7) is 12.9. The molecule has 0 atom stereocenters. The Hall–Kier alpha value is -2.22. The van der Waals surface area contributed by atoms with Crippen LogP contribution in [0.15, 0.2) is 58.5 Å². The first-order chi connectivity index (χ1) is 11.4. The molecule has 0 fully saturated rings. The molecule has 0 aliphatic rings. The Morgan fingerprint density at radius 1 is 0.625 bits per heavy atom. The quantitative estimate of drug-likeness (QED) is 0.540. The first-order valence-corrected chi connectivity index (χ1v) is 8.69. The zero-order chi connectivity index (χ0) is 17.7. The Balaban J connectivity index is 2.38. The number of aliphatic imine (C=N–C) groups is 2. The van der Waals surface area contributed by atoms with Gasteiger partial charge in [-0.2, -0.15) is 0 Å². The zero-order valence-corrected chi connectivity index (χ0v) is 15.7. The van der Waals surface area contributed by atoms with E-state index in [1.165, 1.54) is 11.1 Å². The number of rotatable bonds is 5. The van der Waals surface area contributed by atoms with Gasteiger partial charge in [0.1, 0.15) is 0 Å². The first-order valence-electron chi connectivity index (χ1n) is 8.69. The molecule has 126 valence electrons. The second-order valence-corrected chi connectivity index (χ2v) is 6.82. The van der Waals surface area contributed by atoms with E-state index in [1.807, 2.05) is 26.0 Å². The van der Waals surface area contributed by atoms with Crippen molar-refractivity contribution in [3.8, 4) is 0 Å². The third-order valence-electron chi connectivity index (χ3n) is 4.22. The van der Waals surface area contributed by atoms with Crippen molar-refractivity contribution in [1.29, 1.82) is 0 Å². The van der Waals surface area contributed by atoms with Gasteiger partial charge in [-0.3, -0.25) is 9.98 Å². The number of benzene rings is 2. The van der Waals surface area contributed by atoms with Crippen LogP contribution in [0.3, 0.4) is 0 Å². The molecule has 0 aliphatic carbocycles. The second kappa shape index (κ2) is 8.05. The number of para-hydroxylation sites is 2. The molecule has 2 aromatic rings. The summed E-state index contributed by atoms with van der Waals surface area (Å²) < 4.78 is 0. The molecule has 0 saturated heterocycles. The predicted octanol–water partition coefficient (Wildman–Crippen LogP) is 6.82. The summed E-state index contributed by atoms with van der Waals surface area (Å²) in [7, 11) is 0. The van der Waals surface area contributed by atoms with E-state index in [0.717, 1.165) is 22.8 Å². The summed E-state index contributed by atoms with van der Waals surface area (Å²) in [5.74, 6) is 0.910. The molecule has 0 bridgehead atoms. The van der Waals surface area contributed by atoms with Crippen LogP contribution in [0.5, 0.6) is 0 Å². The molecule has 0 spiro atoms. The van der Waals surface area contributed by atoms with Crippen LogP contribution in [0.25, 0.3) is 0 Å². The Labute approximate surface area is 146 Å². The van der Waals surface area contributed by atoms with Crippen molar-refractivity contribution in [3.63, 3.8) is 0 Å². The summed E-state index contributed by atoms with van der Waals surface area (Å²) in [4.78, 5) is 9.67. The van der Waals surface area contributed by atoms with Gasteiger partial charge in [0, 0.05) is 0 Å². The molecule has 0 unspecified atom stereocenters. The van der Waals surface area contributed by atoms with Crippen molar-refractivity contribution in [1.82, 2.24) is 0 Å². The fraction of sp³-hybridized carbons (Fsp3) is 0.364. The standard InChI is InChI=1S/C22H28N2/c1-15(2)19-11-7-9-13-21(19)23-17(5)18(6)24-22-14-10-8-12-20(22)16(3)4/h7-16H,1-6H3. The lowest BCUT2D eigenvalue weighted by molar-refractivity contribution is 0.866. The van der Waals surface area contributed by atoms with Crippen LogP contribution in [0.2, 0.25) is 0 Å². The van der Waals surface area contributed by atoms with Crippen molar-refractivity contribution < 1.29 is 0 Å². The van der Waals surface area contributed by atoms with Crippen LogP contribution < -0.4 is 0 Å². The van der Waals surface area contributed by atoms with E-state index >= 15 is 0 Å². The highest BCUT2D eigenvalue weighted by Crippen LogP contribution is 2.28. The smallest absolute Gasteiger partial charge is 0.0668 e. The molecule has 24 heavy (non-hydrogen) atoms. The lowest BCUT2D eigenvalue weighted by atomic mass is 10.0. The maximum atomic E-state index is 4.84. The Morgan fingerprint density at radius 2 is 0.958 bits per heavy atom. The SMILES string of the molecule is CC(=Nc1ccccc1C(C)C)C(C)=Nc1ccccc1C(C)C. The average molecular weight is 320 g/mol. The van der Waals surface area contributed by atoms with Gasteiger partial charge in [-0.15, -0.1) is 0 Å². The van der Waals surface area contributed by atoms with E-state index in [2.05, 4.69) is 64.1 Å². The van der Waals surface area contributed by atoms with Crippen molar-refractivity contribution in [3.05, 3.63) is 59.7 Å². The molecule has 0 saturated carbocycles. The number of hydrogen-bond acceptors (Lipinski definition) is 2. The Kier molecular flexibility index (Phi) is 6.08.